The largest absolute Gasteiger partial charge is 0.356 e. The predicted octanol–water partition coefficient (Wildman–Crippen LogP) is 2.14. The van der Waals surface area contributed by atoms with Gasteiger partial charge in [0.2, 0.25) is 5.91 Å². The Labute approximate surface area is 162 Å². The van der Waals surface area contributed by atoms with E-state index < -0.39 is 0 Å². The van der Waals surface area contributed by atoms with Gasteiger partial charge in [0.1, 0.15) is 12.4 Å². The number of hydrogen-bond donors (Lipinski definition) is 1. The lowest BCUT2D eigenvalue weighted by molar-refractivity contribution is -0.117. The van der Waals surface area contributed by atoms with Crippen molar-refractivity contribution in [1.29, 1.82) is 0 Å². The highest BCUT2D eigenvalue weighted by Crippen LogP contribution is 2.18. The Kier molecular flexibility index (Phi) is 4.85. The minimum atomic E-state index is -0.372. The fourth-order valence-corrected chi connectivity index (χ4v) is 3.58. The minimum absolute atomic E-state index is 0.158. The molecule has 0 saturated carbocycles. The number of rotatable bonds is 4. The average Bonchev–Trinajstić information content (AvgIpc) is 2.99. The zero-order valence-corrected chi connectivity index (χ0v) is 16.2. The second-order valence-electron chi connectivity index (χ2n) is 7.31. The molecule has 1 aromatic carbocycles. The molecule has 4 rings (SSSR count). The van der Waals surface area contributed by atoms with Gasteiger partial charge in [0.15, 0.2) is 0 Å². The Morgan fingerprint density at radius 2 is 1.93 bits per heavy atom. The number of anilines is 2. The van der Waals surface area contributed by atoms with E-state index in [9.17, 15) is 9.59 Å². The molecule has 0 bridgehead atoms. The Morgan fingerprint density at radius 3 is 2.68 bits per heavy atom. The van der Waals surface area contributed by atoms with E-state index in [4.69, 9.17) is 0 Å². The number of piperidine rings is 1. The predicted molar refractivity (Wildman–Crippen MR) is 108 cm³/mol. The van der Waals surface area contributed by atoms with Crippen LogP contribution >= 0.6 is 0 Å². The van der Waals surface area contributed by atoms with Crippen molar-refractivity contribution in [3.05, 3.63) is 52.1 Å². The maximum absolute atomic E-state index is 12.5. The summed E-state index contributed by atoms with van der Waals surface area (Å²) in [7, 11) is 0. The first-order chi connectivity index (χ1) is 13.5. The summed E-state index contributed by atoms with van der Waals surface area (Å²) in [5, 5.41) is 7.10. The molecule has 0 radical (unpaired) electrons. The molecule has 1 aliphatic heterocycles. The lowest BCUT2D eigenvalue weighted by atomic mass is 10.1. The van der Waals surface area contributed by atoms with Crippen LogP contribution in [0.2, 0.25) is 0 Å². The van der Waals surface area contributed by atoms with Crippen molar-refractivity contribution in [3.8, 4) is 0 Å². The molecular formula is C20H24N6O2. The highest BCUT2D eigenvalue weighted by molar-refractivity contribution is 5.91. The Balaban J connectivity index is 1.54. The maximum atomic E-state index is 12.5. The molecule has 28 heavy (non-hydrogen) atoms. The lowest BCUT2D eigenvalue weighted by Gasteiger charge is -2.27. The average molecular weight is 380 g/mol. The van der Waals surface area contributed by atoms with Gasteiger partial charge in [-0.25, -0.2) is 13.9 Å². The number of benzene rings is 1. The third-order valence-electron chi connectivity index (χ3n) is 5.07. The van der Waals surface area contributed by atoms with Crippen LogP contribution in [0.5, 0.6) is 0 Å². The van der Waals surface area contributed by atoms with Crippen molar-refractivity contribution in [3.63, 3.8) is 0 Å². The Bertz CT molecular complexity index is 1080. The number of hydrogen-bond acceptors (Lipinski definition) is 5. The molecular weight excluding hydrogens is 356 g/mol. The molecule has 146 valence electrons. The smallest absolute Gasteiger partial charge is 0.352 e. The second kappa shape index (κ2) is 7.46. The molecule has 1 N–H and O–H groups in total. The summed E-state index contributed by atoms with van der Waals surface area (Å²) < 4.78 is 2.53. The molecule has 1 amide bonds. The van der Waals surface area contributed by atoms with Crippen LogP contribution < -0.4 is 15.9 Å². The number of aromatic nitrogens is 4. The third-order valence-corrected chi connectivity index (χ3v) is 5.07. The van der Waals surface area contributed by atoms with Gasteiger partial charge >= 0.3 is 5.69 Å². The number of carbonyl (C=O) groups is 1. The molecule has 8 heteroatoms. The van der Waals surface area contributed by atoms with E-state index in [0.29, 0.717) is 5.78 Å². The standard InChI is InChI=1S/C20H24N6O2/c1-14-6-7-16(15(2)12-14)21-18(27)13-26-20(28)25-11-8-17(22-19(25)23-26)24-9-4-3-5-10-24/h6-8,11-12H,3-5,9-10,13H2,1-2H3,(H,21,27). The summed E-state index contributed by atoms with van der Waals surface area (Å²) in [6.07, 6.45) is 5.21. The van der Waals surface area contributed by atoms with Crippen LogP contribution in [0.25, 0.3) is 5.78 Å². The molecule has 3 aromatic rings. The summed E-state index contributed by atoms with van der Waals surface area (Å²) in [5.41, 5.74) is 2.47. The first kappa shape index (κ1) is 18.2. The molecule has 1 fully saturated rings. The summed E-state index contributed by atoms with van der Waals surface area (Å²) in [5.74, 6) is 0.838. The zero-order chi connectivity index (χ0) is 19.7. The molecule has 0 aliphatic carbocycles. The van der Waals surface area contributed by atoms with E-state index in [1.165, 1.54) is 10.8 Å². The number of amides is 1. The quantitative estimate of drug-likeness (QED) is 0.750. The van der Waals surface area contributed by atoms with Gasteiger partial charge in [-0.3, -0.25) is 4.79 Å². The van der Waals surface area contributed by atoms with Crippen molar-refractivity contribution in [1.82, 2.24) is 19.2 Å². The molecule has 1 saturated heterocycles. The Morgan fingerprint density at radius 1 is 1.14 bits per heavy atom. The molecule has 0 unspecified atom stereocenters. The van der Waals surface area contributed by atoms with E-state index in [2.05, 4.69) is 20.3 Å². The van der Waals surface area contributed by atoms with E-state index in [1.54, 1.807) is 6.20 Å². The third kappa shape index (κ3) is 3.62. The molecule has 3 heterocycles. The number of carbonyl (C=O) groups excluding carboxylic acids is 1. The molecule has 2 aromatic heterocycles. The van der Waals surface area contributed by atoms with Crippen molar-refractivity contribution >= 4 is 23.2 Å². The first-order valence-corrected chi connectivity index (χ1v) is 9.59. The summed E-state index contributed by atoms with van der Waals surface area (Å²) in [6.45, 7) is 5.71. The fraction of sp³-hybridized carbons (Fsp3) is 0.400. The van der Waals surface area contributed by atoms with Gasteiger partial charge in [0.25, 0.3) is 5.78 Å². The molecule has 1 aliphatic rings. The highest BCUT2D eigenvalue weighted by atomic mass is 16.2. The zero-order valence-electron chi connectivity index (χ0n) is 16.2. The monoisotopic (exact) mass is 380 g/mol. The van der Waals surface area contributed by atoms with E-state index in [1.807, 2.05) is 38.1 Å². The fourth-order valence-electron chi connectivity index (χ4n) is 3.58. The molecule has 0 atom stereocenters. The van der Waals surface area contributed by atoms with Gasteiger partial charge in [-0.1, -0.05) is 17.7 Å². The van der Waals surface area contributed by atoms with Crippen molar-refractivity contribution in [2.45, 2.75) is 39.7 Å². The van der Waals surface area contributed by atoms with Crippen LogP contribution in [0, 0.1) is 13.8 Å². The number of aryl methyl sites for hydroxylation is 2. The number of fused-ring (bicyclic) bond motifs is 1. The van der Waals surface area contributed by atoms with Crippen LogP contribution in [-0.2, 0) is 11.3 Å². The van der Waals surface area contributed by atoms with Gasteiger partial charge in [-0.05, 0) is 50.8 Å². The lowest BCUT2D eigenvalue weighted by Crippen LogP contribution is -2.30. The summed E-state index contributed by atoms with van der Waals surface area (Å²) in [6, 6.07) is 7.63. The van der Waals surface area contributed by atoms with Crippen LogP contribution in [0.1, 0.15) is 30.4 Å². The van der Waals surface area contributed by atoms with Gasteiger partial charge in [-0.2, -0.15) is 4.98 Å². The minimum Gasteiger partial charge on any atom is -0.356 e. The normalized spacial score (nSPS) is 14.4. The number of nitrogens with zero attached hydrogens (tertiary/aromatic N) is 5. The van der Waals surface area contributed by atoms with Crippen LogP contribution in [0.3, 0.4) is 0 Å². The molecule has 0 spiro atoms. The molecule has 8 nitrogen and oxygen atoms in total. The van der Waals surface area contributed by atoms with Gasteiger partial charge in [0.05, 0.1) is 0 Å². The van der Waals surface area contributed by atoms with Crippen molar-refractivity contribution in [2.24, 2.45) is 0 Å². The van der Waals surface area contributed by atoms with Crippen molar-refractivity contribution < 1.29 is 4.79 Å². The van der Waals surface area contributed by atoms with Crippen LogP contribution in [0.4, 0.5) is 11.5 Å². The Hall–Kier alpha value is -3.16. The van der Waals surface area contributed by atoms with E-state index in [-0.39, 0.29) is 18.1 Å². The maximum Gasteiger partial charge on any atom is 0.352 e. The van der Waals surface area contributed by atoms with Gasteiger partial charge in [0, 0.05) is 25.0 Å². The number of nitrogens with one attached hydrogen (secondary N) is 1. The van der Waals surface area contributed by atoms with E-state index >= 15 is 0 Å². The van der Waals surface area contributed by atoms with E-state index in [0.717, 1.165) is 53.2 Å². The summed E-state index contributed by atoms with van der Waals surface area (Å²) in [4.78, 5) is 31.7. The van der Waals surface area contributed by atoms with Gasteiger partial charge < -0.3 is 10.2 Å². The van der Waals surface area contributed by atoms with Crippen LogP contribution in [-0.4, -0.2) is 38.2 Å². The van der Waals surface area contributed by atoms with Crippen LogP contribution in [0.15, 0.2) is 35.3 Å². The summed E-state index contributed by atoms with van der Waals surface area (Å²) >= 11 is 0. The first-order valence-electron chi connectivity index (χ1n) is 9.59. The highest BCUT2D eigenvalue weighted by Gasteiger charge is 2.16. The second-order valence-corrected chi connectivity index (χ2v) is 7.31. The SMILES string of the molecule is Cc1ccc(NC(=O)Cn2nc3nc(N4CCCCC4)ccn3c2=O)c(C)c1. The van der Waals surface area contributed by atoms with Gasteiger partial charge in [-0.15, -0.1) is 5.10 Å². The van der Waals surface area contributed by atoms with Crippen molar-refractivity contribution in [2.75, 3.05) is 23.3 Å². The topological polar surface area (TPSA) is 84.5 Å².